The first-order valence-corrected chi connectivity index (χ1v) is 8.49. The average molecular weight is 371 g/mol. The Morgan fingerprint density at radius 3 is 2.54 bits per heavy atom. The van der Waals surface area contributed by atoms with Gasteiger partial charge in [-0.15, -0.1) is 0 Å². The molecule has 138 valence electrons. The normalized spacial score (nSPS) is 19.5. The number of nitrogens with one attached hydrogen (secondary N) is 1. The summed E-state index contributed by atoms with van der Waals surface area (Å²) in [6.45, 7) is 1.79. The summed E-state index contributed by atoms with van der Waals surface area (Å²) < 4.78 is 10.4. The van der Waals surface area contributed by atoms with Gasteiger partial charge in [0, 0.05) is 12.1 Å². The SMILES string of the molecule is COc1ccc(/C=C/C(=O)N[C@H]2CC[C@H](C)CC2)cc1OCC(=O)O.[NaH]. The first kappa shape index (κ1) is 22.5. The third-order valence-corrected chi connectivity index (χ3v) is 4.33. The molecule has 7 heteroatoms. The molecule has 0 unspecified atom stereocenters. The molecule has 1 aromatic carbocycles. The van der Waals surface area contributed by atoms with E-state index in [4.69, 9.17) is 14.6 Å². The molecule has 6 nitrogen and oxygen atoms in total. The van der Waals surface area contributed by atoms with Gasteiger partial charge < -0.3 is 19.9 Å². The molecule has 1 aromatic rings. The van der Waals surface area contributed by atoms with Crippen LogP contribution >= 0.6 is 0 Å². The van der Waals surface area contributed by atoms with E-state index < -0.39 is 12.6 Å². The van der Waals surface area contributed by atoms with E-state index in [1.165, 1.54) is 13.2 Å². The zero-order valence-corrected chi connectivity index (χ0v) is 14.7. The molecule has 1 aliphatic rings. The van der Waals surface area contributed by atoms with Crippen molar-refractivity contribution in [2.45, 2.75) is 38.6 Å². The maximum absolute atomic E-state index is 12.1. The molecule has 0 radical (unpaired) electrons. The van der Waals surface area contributed by atoms with Gasteiger partial charge in [-0.3, -0.25) is 4.79 Å². The molecule has 1 saturated carbocycles. The fourth-order valence-corrected chi connectivity index (χ4v) is 2.87. The van der Waals surface area contributed by atoms with Gasteiger partial charge in [-0.1, -0.05) is 13.0 Å². The molecule has 0 spiro atoms. The topological polar surface area (TPSA) is 84.9 Å². The summed E-state index contributed by atoms with van der Waals surface area (Å²) in [5, 5.41) is 11.8. The van der Waals surface area contributed by atoms with E-state index in [1.807, 2.05) is 0 Å². The van der Waals surface area contributed by atoms with Gasteiger partial charge in [0.15, 0.2) is 18.1 Å². The van der Waals surface area contributed by atoms with Crippen molar-refractivity contribution in [2.24, 2.45) is 5.92 Å². The predicted octanol–water partition coefficient (Wildman–Crippen LogP) is 2.22. The van der Waals surface area contributed by atoms with Crippen molar-refractivity contribution >= 4 is 47.5 Å². The standard InChI is InChI=1S/C19H25NO5.Na.H/c1-13-3-7-15(8-4-13)20-18(21)10-6-14-5-9-16(24-2)17(11-14)25-12-19(22)23;;/h5-6,9-11,13,15H,3-4,7-8,12H2,1-2H3,(H,20,21)(H,22,23);;/b10-6+;;/t13-,15-;;. The molecular formula is C19H26NNaO5. The van der Waals surface area contributed by atoms with Crippen molar-refractivity contribution < 1.29 is 24.2 Å². The fourth-order valence-electron chi connectivity index (χ4n) is 2.87. The Hall–Kier alpha value is -1.50. The van der Waals surface area contributed by atoms with Crippen LogP contribution in [0.5, 0.6) is 11.5 Å². The molecule has 2 rings (SSSR count). The fraction of sp³-hybridized carbons (Fsp3) is 0.474. The number of carbonyl (C=O) groups excluding carboxylic acids is 1. The Labute approximate surface area is 176 Å². The van der Waals surface area contributed by atoms with E-state index in [2.05, 4.69) is 12.2 Å². The van der Waals surface area contributed by atoms with E-state index >= 15 is 0 Å². The van der Waals surface area contributed by atoms with Crippen molar-refractivity contribution in [1.82, 2.24) is 5.32 Å². The average Bonchev–Trinajstić information content (AvgIpc) is 2.60. The molecule has 26 heavy (non-hydrogen) atoms. The number of ether oxygens (including phenoxy) is 2. The number of hydrogen-bond acceptors (Lipinski definition) is 4. The Morgan fingerprint density at radius 1 is 1.23 bits per heavy atom. The summed E-state index contributed by atoms with van der Waals surface area (Å²) in [6.07, 6.45) is 7.51. The molecule has 0 atom stereocenters. The number of hydrogen-bond donors (Lipinski definition) is 2. The molecule has 0 heterocycles. The maximum atomic E-state index is 12.1. The molecule has 0 saturated heterocycles. The second-order valence-corrected chi connectivity index (χ2v) is 6.39. The number of carboxylic acids is 1. The number of aliphatic carboxylic acids is 1. The monoisotopic (exact) mass is 371 g/mol. The number of rotatable bonds is 7. The Morgan fingerprint density at radius 2 is 1.92 bits per heavy atom. The molecular weight excluding hydrogens is 345 g/mol. The third-order valence-electron chi connectivity index (χ3n) is 4.33. The molecule has 1 amide bonds. The van der Waals surface area contributed by atoms with Crippen LogP contribution in [-0.2, 0) is 9.59 Å². The Bertz CT molecular complexity index is 639. The first-order chi connectivity index (χ1) is 12.0. The van der Waals surface area contributed by atoms with Crippen LogP contribution in [-0.4, -0.2) is 66.3 Å². The summed E-state index contributed by atoms with van der Waals surface area (Å²) in [4.78, 5) is 22.7. The second-order valence-electron chi connectivity index (χ2n) is 6.39. The number of amides is 1. The first-order valence-electron chi connectivity index (χ1n) is 8.49. The van der Waals surface area contributed by atoms with Crippen molar-refractivity contribution in [3.8, 4) is 11.5 Å². The van der Waals surface area contributed by atoms with E-state index in [-0.39, 0.29) is 41.5 Å². The molecule has 0 aromatic heterocycles. The van der Waals surface area contributed by atoms with Gasteiger partial charge in [0.05, 0.1) is 7.11 Å². The molecule has 0 aliphatic heterocycles. The zero-order chi connectivity index (χ0) is 18.2. The summed E-state index contributed by atoms with van der Waals surface area (Å²) in [5.74, 6) is 0.327. The van der Waals surface area contributed by atoms with Gasteiger partial charge in [0.1, 0.15) is 0 Å². The van der Waals surface area contributed by atoms with Gasteiger partial charge >= 0.3 is 35.5 Å². The van der Waals surface area contributed by atoms with Gasteiger partial charge in [0.2, 0.25) is 5.91 Å². The summed E-state index contributed by atoms with van der Waals surface area (Å²) in [5.41, 5.74) is 0.730. The van der Waals surface area contributed by atoms with Gasteiger partial charge in [-0.2, -0.15) is 0 Å². The van der Waals surface area contributed by atoms with Crippen molar-refractivity contribution in [2.75, 3.05) is 13.7 Å². The van der Waals surface area contributed by atoms with Crippen molar-refractivity contribution in [3.63, 3.8) is 0 Å². The van der Waals surface area contributed by atoms with Crippen LogP contribution in [0.4, 0.5) is 0 Å². The minimum atomic E-state index is -1.07. The summed E-state index contributed by atoms with van der Waals surface area (Å²) >= 11 is 0. The Kier molecular flexibility index (Phi) is 9.76. The quantitative estimate of drug-likeness (QED) is 0.567. The Balaban J connectivity index is 0.00000338. The second kappa shape index (κ2) is 11.3. The summed E-state index contributed by atoms with van der Waals surface area (Å²) in [7, 11) is 1.48. The van der Waals surface area contributed by atoms with E-state index in [9.17, 15) is 9.59 Å². The van der Waals surface area contributed by atoms with E-state index in [0.29, 0.717) is 11.5 Å². The number of carbonyl (C=O) groups is 2. The van der Waals surface area contributed by atoms with E-state index in [0.717, 1.165) is 37.2 Å². The van der Waals surface area contributed by atoms with Crippen LogP contribution in [0.2, 0.25) is 0 Å². The van der Waals surface area contributed by atoms with Crippen LogP contribution in [0.25, 0.3) is 6.08 Å². The van der Waals surface area contributed by atoms with Crippen LogP contribution in [0.15, 0.2) is 24.3 Å². The van der Waals surface area contributed by atoms with Crippen LogP contribution < -0.4 is 14.8 Å². The van der Waals surface area contributed by atoms with Gasteiger partial charge in [-0.25, -0.2) is 4.79 Å². The molecule has 0 bridgehead atoms. The number of carboxylic acid groups (broad SMARTS) is 1. The molecule has 2 N–H and O–H groups in total. The molecule has 1 aliphatic carbocycles. The van der Waals surface area contributed by atoms with Crippen LogP contribution in [0, 0.1) is 5.92 Å². The zero-order valence-electron chi connectivity index (χ0n) is 14.7. The van der Waals surface area contributed by atoms with Gasteiger partial charge in [0.25, 0.3) is 0 Å². The minimum absolute atomic E-state index is 0. The number of benzene rings is 1. The van der Waals surface area contributed by atoms with Crippen molar-refractivity contribution in [1.29, 1.82) is 0 Å². The summed E-state index contributed by atoms with van der Waals surface area (Å²) in [6, 6.07) is 5.35. The molecule has 1 fully saturated rings. The van der Waals surface area contributed by atoms with Crippen LogP contribution in [0.3, 0.4) is 0 Å². The van der Waals surface area contributed by atoms with Gasteiger partial charge in [-0.05, 0) is 55.4 Å². The van der Waals surface area contributed by atoms with Crippen LogP contribution in [0.1, 0.15) is 38.2 Å². The predicted molar refractivity (Wildman–Crippen MR) is 102 cm³/mol. The van der Waals surface area contributed by atoms with E-state index in [1.54, 1.807) is 24.3 Å². The van der Waals surface area contributed by atoms with Crippen molar-refractivity contribution in [3.05, 3.63) is 29.8 Å². The number of methoxy groups -OCH3 is 1. The third kappa shape index (κ3) is 7.40.